The summed E-state index contributed by atoms with van der Waals surface area (Å²) in [5.74, 6) is -1.24. The molecule has 1 aliphatic heterocycles. The number of aliphatic imine (C=N–C) groups is 1. The first-order valence-corrected chi connectivity index (χ1v) is 8.54. The fourth-order valence-electron chi connectivity index (χ4n) is 5.30. The van der Waals surface area contributed by atoms with Crippen LogP contribution in [0.25, 0.3) is 0 Å². The van der Waals surface area contributed by atoms with E-state index in [1.165, 1.54) is 0 Å². The molecule has 2 saturated carbocycles. The molecule has 3 aliphatic rings. The molecule has 2 atom stereocenters. The van der Waals surface area contributed by atoms with Crippen molar-refractivity contribution < 1.29 is 9.47 Å². The van der Waals surface area contributed by atoms with Crippen molar-refractivity contribution in [2.45, 2.75) is 58.3 Å². The van der Waals surface area contributed by atoms with Crippen molar-refractivity contribution in [1.82, 2.24) is 0 Å². The van der Waals surface area contributed by atoms with Crippen LogP contribution in [0.15, 0.2) is 4.99 Å². The third kappa shape index (κ3) is 1.47. The number of amidine groups is 1. The fraction of sp³-hybridized carbons (Fsp3) is 0.824. The molecular weight excluding hydrogens is 292 g/mol. The van der Waals surface area contributed by atoms with Gasteiger partial charge in [0.15, 0.2) is 5.41 Å². The Morgan fingerprint density at radius 3 is 2.04 bits per heavy atom. The Morgan fingerprint density at radius 2 is 1.61 bits per heavy atom. The summed E-state index contributed by atoms with van der Waals surface area (Å²) in [6.45, 7) is 4.37. The summed E-state index contributed by atoms with van der Waals surface area (Å²) in [6.07, 6.45) is 5.83. The molecule has 0 radical (unpaired) electrons. The summed E-state index contributed by atoms with van der Waals surface area (Å²) in [5, 5.41) is 20.2. The number of rotatable bonds is 4. The summed E-state index contributed by atoms with van der Waals surface area (Å²) in [7, 11) is 0. The van der Waals surface area contributed by atoms with Gasteiger partial charge in [0, 0.05) is 18.6 Å². The molecule has 2 N–H and O–H groups in total. The smallest absolute Gasteiger partial charge is 0.293 e. The molecule has 6 heteroatoms. The standard InChI is InChI=1S/C17H24N4O2/c1-3-22-17(23-4-2)16(12-19)14(9-7-5-6-8-10-14)15(16,11-18)13(20)21-17/h3-10H2,1-2H3,(H2,20,21)/t15-,16+/m0/s1. The van der Waals surface area contributed by atoms with Crippen LogP contribution in [0.2, 0.25) is 0 Å². The van der Waals surface area contributed by atoms with Crippen LogP contribution in [-0.2, 0) is 9.47 Å². The Hall–Kier alpha value is -1.63. The first-order chi connectivity index (χ1) is 11.1. The van der Waals surface area contributed by atoms with Crippen molar-refractivity contribution in [2.75, 3.05) is 13.2 Å². The van der Waals surface area contributed by atoms with E-state index in [0.29, 0.717) is 13.2 Å². The number of hydrogen-bond acceptors (Lipinski definition) is 6. The van der Waals surface area contributed by atoms with Gasteiger partial charge in [-0.25, -0.2) is 4.99 Å². The van der Waals surface area contributed by atoms with Gasteiger partial charge in [0.25, 0.3) is 5.91 Å². The van der Waals surface area contributed by atoms with Crippen molar-refractivity contribution in [3.8, 4) is 12.1 Å². The highest BCUT2D eigenvalue weighted by molar-refractivity contribution is 6.00. The van der Waals surface area contributed by atoms with E-state index in [1.807, 2.05) is 13.8 Å². The number of ether oxygens (including phenoxy) is 2. The van der Waals surface area contributed by atoms with E-state index in [1.54, 1.807) is 0 Å². The molecule has 2 fully saturated rings. The van der Waals surface area contributed by atoms with Gasteiger partial charge < -0.3 is 15.2 Å². The minimum Gasteiger partial charge on any atom is -0.386 e. The van der Waals surface area contributed by atoms with Crippen LogP contribution in [0.1, 0.15) is 52.4 Å². The van der Waals surface area contributed by atoms with E-state index in [0.717, 1.165) is 38.5 Å². The minimum atomic E-state index is -1.45. The highest BCUT2D eigenvalue weighted by Gasteiger charge is 3.00. The third-order valence-corrected chi connectivity index (χ3v) is 6.03. The van der Waals surface area contributed by atoms with Crippen LogP contribution in [0.4, 0.5) is 0 Å². The Kier molecular flexibility index (Phi) is 3.66. The Labute approximate surface area is 137 Å². The van der Waals surface area contributed by atoms with Gasteiger partial charge in [-0.3, -0.25) is 0 Å². The highest BCUT2D eigenvalue weighted by Crippen LogP contribution is 2.88. The summed E-state index contributed by atoms with van der Waals surface area (Å²) in [5.41, 5.74) is 3.51. The van der Waals surface area contributed by atoms with E-state index in [4.69, 9.17) is 15.2 Å². The first-order valence-electron chi connectivity index (χ1n) is 8.54. The van der Waals surface area contributed by atoms with Gasteiger partial charge in [0.2, 0.25) is 0 Å². The molecular formula is C17H24N4O2. The van der Waals surface area contributed by atoms with Crippen molar-refractivity contribution in [3.63, 3.8) is 0 Å². The van der Waals surface area contributed by atoms with Crippen molar-refractivity contribution in [1.29, 1.82) is 10.5 Å². The Balaban J connectivity index is 2.21. The first kappa shape index (κ1) is 16.2. The van der Waals surface area contributed by atoms with E-state index < -0.39 is 22.2 Å². The predicted molar refractivity (Wildman–Crippen MR) is 83.8 cm³/mol. The second-order valence-electron chi connectivity index (χ2n) is 6.66. The predicted octanol–water partition coefficient (Wildman–Crippen LogP) is 2.46. The highest BCUT2D eigenvalue weighted by atomic mass is 16.7. The molecule has 23 heavy (non-hydrogen) atoms. The SMILES string of the molecule is CCOC1(OCC)N=C(N)[C@@]2(C#N)C3(CCCCCC3)[C@@]12C#N. The molecule has 0 bridgehead atoms. The number of nitrogens with zero attached hydrogens (tertiary/aromatic N) is 3. The Morgan fingerprint density at radius 1 is 1.04 bits per heavy atom. The second-order valence-corrected chi connectivity index (χ2v) is 6.66. The van der Waals surface area contributed by atoms with E-state index >= 15 is 0 Å². The molecule has 6 nitrogen and oxygen atoms in total. The summed E-state index contributed by atoms with van der Waals surface area (Å²) in [4.78, 5) is 4.40. The van der Waals surface area contributed by atoms with E-state index in [2.05, 4.69) is 17.1 Å². The summed E-state index contributed by atoms with van der Waals surface area (Å²) >= 11 is 0. The van der Waals surface area contributed by atoms with E-state index in [9.17, 15) is 10.5 Å². The zero-order valence-corrected chi connectivity index (χ0v) is 13.9. The van der Waals surface area contributed by atoms with Crippen LogP contribution >= 0.6 is 0 Å². The number of hydrogen-bond donors (Lipinski definition) is 1. The third-order valence-electron chi connectivity index (χ3n) is 6.03. The van der Waals surface area contributed by atoms with Gasteiger partial charge in [-0.2, -0.15) is 10.5 Å². The maximum atomic E-state index is 10.2. The number of nitriles is 2. The van der Waals surface area contributed by atoms with Crippen LogP contribution in [0, 0.1) is 38.9 Å². The van der Waals surface area contributed by atoms with Gasteiger partial charge in [-0.05, 0) is 26.7 Å². The molecule has 0 saturated heterocycles. The molecule has 2 aliphatic carbocycles. The number of nitrogens with two attached hydrogens (primary N) is 1. The molecule has 0 unspecified atom stereocenters. The minimum absolute atomic E-state index is 0.213. The van der Waals surface area contributed by atoms with Crippen LogP contribution in [-0.4, -0.2) is 25.0 Å². The van der Waals surface area contributed by atoms with Gasteiger partial charge in [0.1, 0.15) is 11.3 Å². The zero-order chi connectivity index (χ0) is 16.8. The molecule has 0 aromatic rings. The molecule has 1 heterocycles. The van der Waals surface area contributed by atoms with Gasteiger partial charge in [0.05, 0.1) is 12.1 Å². The van der Waals surface area contributed by atoms with Crippen molar-refractivity contribution >= 4 is 5.84 Å². The topological polar surface area (TPSA) is 104 Å². The van der Waals surface area contributed by atoms with Crippen molar-refractivity contribution in [2.24, 2.45) is 27.0 Å². The maximum absolute atomic E-state index is 10.2. The molecule has 0 amide bonds. The molecule has 0 aromatic carbocycles. The largest absolute Gasteiger partial charge is 0.386 e. The average Bonchev–Trinajstić information content (AvgIpc) is 3.10. The lowest BCUT2D eigenvalue weighted by Gasteiger charge is -2.35. The average molecular weight is 316 g/mol. The lowest BCUT2D eigenvalue weighted by Crippen LogP contribution is -2.45. The molecule has 124 valence electrons. The van der Waals surface area contributed by atoms with Crippen LogP contribution in [0.3, 0.4) is 0 Å². The lowest BCUT2D eigenvalue weighted by atomic mass is 9.83. The second kappa shape index (κ2) is 5.19. The van der Waals surface area contributed by atoms with Crippen molar-refractivity contribution in [3.05, 3.63) is 0 Å². The zero-order valence-electron chi connectivity index (χ0n) is 13.9. The monoisotopic (exact) mass is 316 g/mol. The number of fused-ring (bicyclic) bond motifs is 3. The van der Waals surface area contributed by atoms with Gasteiger partial charge in [-0.15, -0.1) is 0 Å². The Bertz CT molecular complexity index is 603. The fourth-order valence-corrected chi connectivity index (χ4v) is 5.30. The lowest BCUT2D eigenvalue weighted by molar-refractivity contribution is -0.261. The van der Waals surface area contributed by atoms with Crippen LogP contribution in [0.5, 0.6) is 0 Å². The normalized spacial score (nSPS) is 36.4. The quantitative estimate of drug-likeness (QED) is 0.802. The summed E-state index contributed by atoms with van der Waals surface area (Å²) in [6, 6.07) is 4.80. The molecule has 0 aromatic heterocycles. The summed E-state index contributed by atoms with van der Waals surface area (Å²) < 4.78 is 11.8. The molecule has 1 spiro atoms. The van der Waals surface area contributed by atoms with Gasteiger partial charge >= 0.3 is 0 Å². The molecule has 3 rings (SSSR count). The van der Waals surface area contributed by atoms with E-state index in [-0.39, 0.29) is 5.84 Å². The maximum Gasteiger partial charge on any atom is 0.293 e. The van der Waals surface area contributed by atoms with Gasteiger partial charge in [-0.1, -0.05) is 25.7 Å². The van der Waals surface area contributed by atoms with Crippen LogP contribution < -0.4 is 5.73 Å².